The van der Waals surface area contributed by atoms with Gasteiger partial charge in [-0.2, -0.15) is 0 Å². The largest absolute Gasteiger partial charge is 0.459 e. The summed E-state index contributed by atoms with van der Waals surface area (Å²) in [4.78, 5) is 11.7. The minimum Gasteiger partial charge on any atom is -0.459 e. The molecule has 1 aromatic rings. The van der Waals surface area contributed by atoms with Crippen LogP contribution in [0.5, 0.6) is 0 Å². The molecule has 0 saturated heterocycles. The second-order valence-electron chi connectivity index (χ2n) is 4.38. The van der Waals surface area contributed by atoms with E-state index in [0.29, 0.717) is 0 Å². The van der Waals surface area contributed by atoms with Gasteiger partial charge in [0.1, 0.15) is 6.10 Å². The molecule has 0 amide bonds. The van der Waals surface area contributed by atoms with Crippen LogP contribution in [0.4, 0.5) is 0 Å². The predicted octanol–water partition coefficient (Wildman–Crippen LogP) is 1.43. The van der Waals surface area contributed by atoms with Gasteiger partial charge >= 0.3 is 5.97 Å². The van der Waals surface area contributed by atoms with Gasteiger partial charge in [0, 0.05) is 0 Å². The Labute approximate surface area is 106 Å². The van der Waals surface area contributed by atoms with Gasteiger partial charge in [-0.3, -0.25) is 0 Å². The zero-order valence-corrected chi connectivity index (χ0v) is 10.7. The van der Waals surface area contributed by atoms with Gasteiger partial charge in [-0.15, -0.1) is 0 Å². The molecule has 1 fully saturated rings. The normalized spacial score (nSPS) is 16.7. The van der Waals surface area contributed by atoms with Crippen LogP contribution in [0.1, 0.15) is 36.0 Å². The van der Waals surface area contributed by atoms with Crippen LogP contribution in [-0.2, 0) is 14.8 Å². The number of ether oxygens (including phenoxy) is 1. The molecule has 98 valence electrons. The van der Waals surface area contributed by atoms with Crippen LogP contribution >= 0.6 is 0 Å². The standard InChI is InChI=1S/C12H15NO4S/c13-18(15,16)11-7-3-4-9(8-11)12(14)17-10-5-1-2-6-10/h3-4,7-8,10H,1-2,5-6H2,(H2,13,15,16). The van der Waals surface area contributed by atoms with Gasteiger partial charge < -0.3 is 4.74 Å². The lowest BCUT2D eigenvalue weighted by atomic mass is 10.2. The Hall–Kier alpha value is -1.40. The zero-order chi connectivity index (χ0) is 13.2. The lowest BCUT2D eigenvalue weighted by Gasteiger charge is -2.11. The van der Waals surface area contributed by atoms with E-state index in [1.807, 2.05) is 0 Å². The lowest BCUT2D eigenvalue weighted by Crippen LogP contribution is -2.16. The summed E-state index contributed by atoms with van der Waals surface area (Å²) in [5.74, 6) is -0.493. The van der Waals surface area contributed by atoms with Crippen LogP contribution in [-0.4, -0.2) is 20.5 Å². The highest BCUT2D eigenvalue weighted by atomic mass is 32.2. The fraction of sp³-hybridized carbons (Fsp3) is 0.417. The Bertz CT molecular complexity index is 547. The Morgan fingerprint density at radius 2 is 1.94 bits per heavy atom. The van der Waals surface area contributed by atoms with Crippen molar-refractivity contribution in [2.45, 2.75) is 36.7 Å². The number of primary sulfonamides is 1. The summed E-state index contributed by atoms with van der Waals surface area (Å²) in [6.45, 7) is 0. The van der Waals surface area contributed by atoms with Crippen molar-refractivity contribution in [3.05, 3.63) is 29.8 Å². The first-order valence-electron chi connectivity index (χ1n) is 5.80. The lowest BCUT2D eigenvalue weighted by molar-refractivity contribution is 0.0317. The Balaban J connectivity index is 2.15. The van der Waals surface area contributed by atoms with Crippen LogP contribution in [0.2, 0.25) is 0 Å². The van der Waals surface area contributed by atoms with Gasteiger partial charge in [0.25, 0.3) is 0 Å². The number of carbonyl (C=O) groups is 1. The average Bonchev–Trinajstić information content (AvgIpc) is 2.81. The maximum Gasteiger partial charge on any atom is 0.338 e. The smallest absolute Gasteiger partial charge is 0.338 e. The van der Waals surface area contributed by atoms with Crippen molar-refractivity contribution in [1.82, 2.24) is 0 Å². The van der Waals surface area contributed by atoms with Crippen molar-refractivity contribution in [2.24, 2.45) is 5.14 Å². The van der Waals surface area contributed by atoms with E-state index in [-0.39, 0.29) is 16.6 Å². The molecule has 1 aliphatic carbocycles. The van der Waals surface area contributed by atoms with E-state index >= 15 is 0 Å². The summed E-state index contributed by atoms with van der Waals surface area (Å²) in [5, 5.41) is 5.01. The maximum atomic E-state index is 11.8. The molecule has 1 saturated carbocycles. The number of carbonyl (C=O) groups excluding carboxylic acids is 1. The number of hydrogen-bond acceptors (Lipinski definition) is 4. The number of nitrogens with two attached hydrogens (primary N) is 1. The van der Waals surface area contributed by atoms with Crippen LogP contribution in [0, 0.1) is 0 Å². The number of hydrogen-bond donors (Lipinski definition) is 1. The van der Waals surface area contributed by atoms with Crippen molar-refractivity contribution in [1.29, 1.82) is 0 Å². The van der Waals surface area contributed by atoms with Crippen LogP contribution in [0.3, 0.4) is 0 Å². The van der Waals surface area contributed by atoms with Crippen molar-refractivity contribution in [3.63, 3.8) is 0 Å². The Morgan fingerprint density at radius 3 is 2.56 bits per heavy atom. The molecule has 0 aliphatic heterocycles. The third kappa shape index (κ3) is 3.08. The average molecular weight is 269 g/mol. The predicted molar refractivity (Wildman–Crippen MR) is 65.5 cm³/mol. The summed E-state index contributed by atoms with van der Waals surface area (Å²) < 4.78 is 27.6. The molecule has 0 bridgehead atoms. The van der Waals surface area contributed by atoms with Gasteiger partial charge in [-0.25, -0.2) is 18.4 Å². The summed E-state index contributed by atoms with van der Waals surface area (Å²) >= 11 is 0. The molecule has 0 aromatic heterocycles. The van der Waals surface area contributed by atoms with Crippen molar-refractivity contribution < 1.29 is 17.9 Å². The van der Waals surface area contributed by atoms with Crippen LogP contribution in [0.25, 0.3) is 0 Å². The van der Waals surface area contributed by atoms with Crippen molar-refractivity contribution in [3.8, 4) is 0 Å². The SMILES string of the molecule is NS(=O)(=O)c1cccc(C(=O)OC2CCCC2)c1. The van der Waals surface area contributed by atoms with Gasteiger partial charge in [-0.05, 0) is 43.9 Å². The highest BCUT2D eigenvalue weighted by Crippen LogP contribution is 2.22. The number of benzene rings is 1. The third-order valence-electron chi connectivity index (χ3n) is 2.97. The first kappa shape index (κ1) is 13.0. The maximum absolute atomic E-state index is 11.8. The molecule has 2 rings (SSSR count). The molecule has 0 heterocycles. The molecule has 2 N–H and O–H groups in total. The summed E-state index contributed by atoms with van der Waals surface area (Å²) in [7, 11) is -3.79. The fourth-order valence-corrected chi connectivity index (χ4v) is 2.59. The van der Waals surface area contributed by atoms with Crippen molar-refractivity contribution >= 4 is 16.0 Å². The molecule has 0 unspecified atom stereocenters. The van der Waals surface area contributed by atoms with Crippen molar-refractivity contribution in [2.75, 3.05) is 0 Å². The van der Waals surface area contributed by atoms with E-state index in [1.165, 1.54) is 24.3 Å². The van der Waals surface area contributed by atoms with Gasteiger partial charge in [0.2, 0.25) is 10.0 Å². The number of rotatable bonds is 3. The molecule has 1 aliphatic rings. The van der Waals surface area contributed by atoms with Crippen LogP contribution in [0.15, 0.2) is 29.2 Å². The summed E-state index contributed by atoms with van der Waals surface area (Å²) in [5.41, 5.74) is 0.216. The van der Waals surface area contributed by atoms with E-state index in [0.717, 1.165) is 25.7 Å². The second kappa shape index (κ2) is 5.07. The molecule has 5 nitrogen and oxygen atoms in total. The van der Waals surface area contributed by atoms with E-state index in [4.69, 9.17) is 9.88 Å². The fourth-order valence-electron chi connectivity index (χ4n) is 2.03. The van der Waals surface area contributed by atoms with Gasteiger partial charge in [0.05, 0.1) is 10.5 Å². The molecule has 0 atom stereocenters. The van der Waals surface area contributed by atoms with E-state index in [9.17, 15) is 13.2 Å². The molecule has 0 spiro atoms. The molecule has 1 aromatic carbocycles. The van der Waals surface area contributed by atoms with E-state index in [2.05, 4.69) is 0 Å². The molecule has 18 heavy (non-hydrogen) atoms. The van der Waals surface area contributed by atoms with Crippen LogP contribution < -0.4 is 5.14 Å². The van der Waals surface area contributed by atoms with Gasteiger partial charge in [-0.1, -0.05) is 6.07 Å². The highest BCUT2D eigenvalue weighted by molar-refractivity contribution is 7.89. The highest BCUT2D eigenvalue weighted by Gasteiger charge is 2.20. The monoisotopic (exact) mass is 269 g/mol. The first-order valence-corrected chi connectivity index (χ1v) is 7.35. The number of esters is 1. The second-order valence-corrected chi connectivity index (χ2v) is 5.95. The third-order valence-corrected chi connectivity index (χ3v) is 3.89. The topological polar surface area (TPSA) is 86.5 Å². The molecular weight excluding hydrogens is 254 g/mol. The minimum absolute atomic E-state index is 0.0457. The minimum atomic E-state index is -3.79. The number of sulfonamides is 1. The van der Waals surface area contributed by atoms with Gasteiger partial charge in [0.15, 0.2) is 0 Å². The zero-order valence-electron chi connectivity index (χ0n) is 9.83. The van der Waals surface area contributed by atoms with E-state index < -0.39 is 16.0 Å². The molecular formula is C12H15NO4S. The molecule has 6 heteroatoms. The summed E-state index contributed by atoms with van der Waals surface area (Å²) in [6.07, 6.45) is 3.83. The van der Waals surface area contributed by atoms with E-state index in [1.54, 1.807) is 0 Å². The quantitative estimate of drug-likeness (QED) is 0.841. The Kier molecular flexibility index (Phi) is 3.68. The Morgan fingerprint density at radius 1 is 1.28 bits per heavy atom. The first-order chi connectivity index (χ1) is 8.47. The summed E-state index contributed by atoms with van der Waals surface area (Å²) in [6, 6.07) is 5.59. The molecule has 0 radical (unpaired) electrons.